The predicted molar refractivity (Wildman–Crippen MR) is 70.7 cm³/mol. The quantitative estimate of drug-likeness (QED) is 0.638. The summed E-state index contributed by atoms with van der Waals surface area (Å²) in [6.07, 6.45) is 3.93. The Bertz CT molecular complexity index is 590. The Morgan fingerprint density at radius 3 is 2.43 bits per heavy atom. The third-order valence-corrected chi connectivity index (χ3v) is 3.53. The number of rotatable bonds is 5. The van der Waals surface area contributed by atoms with Crippen LogP contribution in [0, 0.1) is 27.2 Å². The van der Waals surface area contributed by atoms with Crippen molar-refractivity contribution in [1.29, 1.82) is 0 Å². The van der Waals surface area contributed by atoms with Gasteiger partial charge in [0.25, 0.3) is 0 Å². The number of hydrogen-bond acceptors (Lipinski definition) is 6. The van der Waals surface area contributed by atoms with Crippen molar-refractivity contribution in [1.82, 2.24) is 15.1 Å². The molecule has 10 heteroatoms. The van der Waals surface area contributed by atoms with Crippen molar-refractivity contribution in [3.8, 4) is 0 Å². The van der Waals surface area contributed by atoms with Gasteiger partial charge in [-0.2, -0.15) is 4.68 Å². The maximum absolute atomic E-state index is 11.9. The molecule has 1 aliphatic rings. The topological polar surface area (TPSA) is 133 Å². The molecule has 0 atom stereocenters. The van der Waals surface area contributed by atoms with Gasteiger partial charge in [0.15, 0.2) is 0 Å². The maximum Gasteiger partial charge on any atom is 0.468 e. The summed E-state index contributed by atoms with van der Waals surface area (Å²) in [7, 11) is 0. The minimum atomic E-state index is -0.920. The van der Waals surface area contributed by atoms with Crippen LogP contribution in [-0.4, -0.2) is 31.6 Å². The minimum absolute atomic E-state index is 0.00623. The second kappa shape index (κ2) is 5.85. The summed E-state index contributed by atoms with van der Waals surface area (Å²) in [6, 6.07) is 0.110. The zero-order chi connectivity index (χ0) is 15.6. The lowest BCUT2D eigenvalue weighted by molar-refractivity contribution is -0.424. The largest absolute Gasteiger partial charge is 0.468 e. The van der Waals surface area contributed by atoms with E-state index in [2.05, 4.69) is 10.4 Å². The number of nitrogens with one attached hydrogen (secondary N) is 1. The molecule has 1 aromatic heterocycles. The number of aromatic nitrogens is 2. The monoisotopic (exact) mass is 297 g/mol. The van der Waals surface area contributed by atoms with Gasteiger partial charge in [-0.25, -0.2) is 0 Å². The molecule has 0 unspecified atom stereocenters. The molecule has 0 spiro atoms. The van der Waals surface area contributed by atoms with Crippen molar-refractivity contribution < 1.29 is 14.6 Å². The zero-order valence-corrected chi connectivity index (χ0v) is 11.4. The summed E-state index contributed by atoms with van der Waals surface area (Å²) in [5.74, 6) is -1.19. The lowest BCUT2D eigenvalue weighted by Crippen LogP contribution is -2.35. The zero-order valence-electron chi connectivity index (χ0n) is 11.4. The van der Waals surface area contributed by atoms with Crippen LogP contribution in [0.1, 0.15) is 31.4 Å². The van der Waals surface area contributed by atoms with Gasteiger partial charge in [-0.3, -0.25) is 14.9 Å². The molecular formula is C11H15N5O5. The van der Waals surface area contributed by atoms with Crippen LogP contribution in [0.5, 0.6) is 0 Å². The fourth-order valence-electron chi connectivity index (χ4n) is 2.49. The van der Waals surface area contributed by atoms with E-state index < -0.39 is 21.4 Å². The molecule has 1 aliphatic carbocycles. The van der Waals surface area contributed by atoms with Crippen LogP contribution >= 0.6 is 0 Å². The maximum atomic E-state index is 11.9. The molecule has 0 aliphatic heterocycles. The smallest absolute Gasteiger partial charge is 0.358 e. The van der Waals surface area contributed by atoms with Crippen molar-refractivity contribution in [3.05, 3.63) is 25.9 Å². The molecule has 1 heterocycles. The van der Waals surface area contributed by atoms with Crippen molar-refractivity contribution in [3.63, 3.8) is 0 Å². The van der Waals surface area contributed by atoms with Gasteiger partial charge in [0.05, 0.1) is 10.0 Å². The molecule has 0 bridgehead atoms. The number of nitrogens with zero attached hydrogens (tertiary/aromatic N) is 4. The average Bonchev–Trinajstić information content (AvgIpc) is 2.98. The summed E-state index contributed by atoms with van der Waals surface area (Å²) in [6.45, 7) is 1.07. The first-order valence-corrected chi connectivity index (χ1v) is 6.55. The molecule has 10 nitrogen and oxygen atoms in total. The van der Waals surface area contributed by atoms with Crippen LogP contribution in [0.25, 0.3) is 0 Å². The lowest BCUT2D eigenvalue weighted by atomic mass is 10.2. The van der Waals surface area contributed by atoms with Gasteiger partial charge in [-0.15, -0.1) is 0 Å². The first-order valence-electron chi connectivity index (χ1n) is 6.55. The highest BCUT2D eigenvalue weighted by Gasteiger charge is 2.35. The Kier molecular flexibility index (Phi) is 4.15. The van der Waals surface area contributed by atoms with Gasteiger partial charge in [-0.1, -0.05) is 12.8 Å². The van der Waals surface area contributed by atoms with Crippen molar-refractivity contribution in [2.24, 2.45) is 0 Å². The molecule has 1 N–H and O–H groups in total. The molecule has 2 rings (SSSR count). The van der Waals surface area contributed by atoms with Crippen LogP contribution in [-0.2, 0) is 11.3 Å². The van der Waals surface area contributed by atoms with Gasteiger partial charge < -0.3 is 15.4 Å². The van der Waals surface area contributed by atoms with Gasteiger partial charge in [0.1, 0.15) is 12.2 Å². The fraction of sp³-hybridized carbons (Fsp3) is 0.636. The molecule has 1 saturated carbocycles. The van der Waals surface area contributed by atoms with Crippen LogP contribution in [0.3, 0.4) is 0 Å². The first kappa shape index (κ1) is 14.9. The number of nitro groups is 2. The molecule has 0 aromatic carbocycles. The summed E-state index contributed by atoms with van der Waals surface area (Å²) in [5.41, 5.74) is -0.679. The number of carbonyl (C=O) groups excluding carboxylic acids is 1. The van der Waals surface area contributed by atoms with Crippen molar-refractivity contribution >= 4 is 17.4 Å². The lowest BCUT2D eigenvalue weighted by Gasteiger charge is -2.10. The van der Waals surface area contributed by atoms with Gasteiger partial charge in [0, 0.05) is 6.04 Å². The molecule has 1 amide bonds. The van der Waals surface area contributed by atoms with E-state index in [9.17, 15) is 25.0 Å². The first-order chi connectivity index (χ1) is 9.90. The van der Waals surface area contributed by atoms with Crippen LogP contribution in [0.2, 0.25) is 0 Å². The second-order valence-electron chi connectivity index (χ2n) is 4.98. The van der Waals surface area contributed by atoms with Crippen LogP contribution in [0.15, 0.2) is 0 Å². The minimum Gasteiger partial charge on any atom is -0.358 e. The third-order valence-electron chi connectivity index (χ3n) is 3.53. The Hall–Kier alpha value is -2.52. The van der Waals surface area contributed by atoms with Gasteiger partial charge in [-0.05, 0) is 24.7 Å². The fourth-order valence-corrected chi connectivity index (χ4v) is 2.49. The van der Waals surface area contributed by atoms with E-state index in [1.807, 2.05) is 0 Å². The summed E-state index contributed by atoms with van der Waals surface area (Å²) >= 11 is 0. The molecular weight excluding hydrogens is 282 g/mol. The predicted octanol–water partition coefficient (Wildman–Crippen LogP) is 1.07. The highest BCUT2D eigenvalue weighted by Crippen LogP contribution is 2.29. The highest BCUT2D eigenvalue weighted by atomic mass is 16.6. The SMILES string of the molecule is Cc1c([N+](=O)[O-])c([N+](=O)[O-])nn1CC(=O)NC1CCCC1. The number of carbonyl (C=O) groups is 1. The van der Waals surface area contributed by atoms with Crippen molar-refractivity contribution in [2.75, 3.05) is 0 Å². The van der Waals surface area contributed by atoms with Gasteiger partial charge >= 0.3 is 11.5 Å². The molecule has 1 aromatic rings. The standard InChI is InChI=1S/C11H15N5O5/c1-7-10(15(18)19)11(16(20)21)13-14(7)6-9(17)12-8-4-2-3-5-8/h8H,2-6H2,1H3,(H,12,17). The third kappa shape index (κ3) is 3.15. The van der Waals surface area contributed by atoms with E-state index in [1.165, 1.54) is 6.92 Å². The molecule has 1 fully saturated rings. The summed E-state index contributed by atoms with van der Waals surface area (Å²) in [4.78, 5) is 31.7. The summed E-state index contributed by atoms with van der Waals surface area (Å²) < 4.78 is 1.00. The highest BCUT2D eigenvalue weighted by molar-refractivity contribution is 5.76. The Morgan fingerprint density at radius 1 is 1.33 bits per heavy atom. The van der Waals surface area contributed by atoms with E-state index in [-0.39, 0.29) is 24.2 Å². The molecule has 21 heavy (non-hydrogen) atoms. The van der Waals surface area contributed by atoms with Crippen molar-refractivity contribution in [2.45, 2.75) is 45.2 Å². The van der Waals surface area contributed by atoms with E-state index >= 15 is 0 Å². The number of amides is 1. The molecule has 0 radical (unpaired) electrons. The average molecular weight is 297 g/mol. The Morgan fingerprint density at radius 2 is 1.95 bits per heavy atom. The van der Waals surface area contributed by atoms with Crippen LogP contribution < -0.4 is 5.32 Å². The van der Waals surface area contributed by atoms with Gasteiger partial charge in [0.2, 0.25) is 5.91 Å². The molecule has 0 saturated heterocycles. The van der Waals surface area contributed by atoms with E-state index in [0.29, 0.717) is 0 Å². The number of hydrogen-bond donors (Lipinski definition) is 1. The van der Waals surface area contributed by atoms with E-state index in [0.717, 1.165) is 30.4 Å². The van der Waals surface area contributed by atoms with E-state index in [4.69, 9.17) is 0 Å². The normalized spacial score (nSPS) is 15.1. The molecule has 114 valence electrons. The van der Waals surface area contributed by atoms with Crippen LogP contribution in [0.4, 0.5) is 11.5 Å². The second-order valence-corrected chi connectivity index (χ2v) is 4.98. The Balaban J connectivity index is 2.16. The summed E-state index contributed by atoms with van der Waals surface area (Å²) in [5, 5.41) is 28.0. The van der Waals surface area contributed by atoms with E-state index in [1.54, 1.807) is 0 Å². The Labute approximate surface area is 119 Å².